The zero-order valence-electron chi connectivity index (χ0n) is 21.9. The number of fused-ring (bicyclic) bond motifs is 1. The maximum Gasteiger partial charge on any atom is 0.271 e. The van der Waals surface area contributed by atoms with Gasteiger partial charge in [-0.25, -0.2) is 0 Å². The number of hydrogen-bond acceptors (Lipinski definition) is 5. The van der Waals surface area contributed by atoms with Crippen LogP contribution in [0.15, 0.2) is 60.7 Å². The molecular weight excluding hydrogens is 484 g/mol. The molecule has 0 bridgehead atoms. The topological polar surface area (TPSA) is 124 Å². The zero-order valence-corrected chi connectivity index (χ0v) is 21.9. The highest BCUT2D eigenvalue weighted by molar-refractivity contribution is 6.01. The van der Waals surface area contributed by atoms with E-state index < -0.39 is 12.1 Å². The first kappa shape index (κ1) is 27.2. The number of ether oxygens (including phenoxy) is 1. The summed E-state index contributed by atoms with van der Waals surface area (Å²) in [6.45, 7) is 6.74. The quantitative estimate of drug-likeness (QED) is 0.359. The number of methoxy groups -OCH3 is 1. The van der Waals surface area contributed by atoms with Crippen LogP contribution in [0.3, 0.4) is 0 Å². The molecule has 2 aromatic rings. The molecule has 1 aromatic heterocycles. The van der Waals surface area contributed by atoms with Crippen molar-refractivity contribution in [1.82, 2.24) is 20.5 Å². The minimum Gasteiger partial charge on any atom is -0.496 e. The van der Waals surface area contributed by atoms with Crippen LogP contribution in [0.2, 0.25) is 0 Å². The summed E-state index contributed by atoms with van der Waals surface area (Å²) in [7, 11) is 1.58. The Morgan fingerprint density at radius 2 is 2.16 bits per heavy atom. The van der Waals surface area contributed by atoms with Gasteiger partial charge in [-0.2, -0.15) is 0 Å². The molecule has 4 rings (SSSR count). The fraction of sp³-hybridized carbons (Fsp3) is 0.414. The molecule has 0 radical (unpaired) electrons. The monoisotopic (exact) mass is 520 g/mol. The average molecular weight is 521 g/mol. The first-order chi connectivity index (χ1) is 18.4. The van der Waals surface area contributed by atoms with Crippen molar-refractivity contribution in [2.45, 2.75) is 38.3 Å². The maximum absolute atomic E-state index is 13.7. The van der Waals surface area contributed by atoms with Crippen molar-refractivity contribution < 1.29 is 24.2 Å². The standard InChI is InChI=1S/C29H36N4O5/c1-4-5-6-8-18(2)20-14-25(28(36)31-21(17-34)13-19-11-12-30-27(19)35)33(16-20)29(37)24-15-22-23(32-24)9-7-10-26(22)38-3/h4-10,15,19-21,25,32,34H,2,11-14,16-17H2,1,3H3,(H,30,35)(H,31,36)/b5-4-,8-6-/t19-,20+,21-,25-/m0/s1. The number of aliphatic hydroxyl groups is 1. The van der Waals surface area contributed by atoms with Gasteiger partial charge in [-0.1, -0.05) is 42.5 Å². The van der Waals surface area contributed by atoms with Crippen LogP contribution in [0.5, 0.6) is 5.75 Å². The zero-order chi connectivity index (χ0) is 27.2. The Labute approximate surface area is 222 Å². The molecule has 0 saturated carbocycles. The number of rotatable bonds is 10. The van der Waals surface area contributed by atoms with Crippen molar-refractivity contribution in [1.29, 1.82) is 0 Å². The highest BCUT2D eigenvalue weighted by Crippen LogP contribution is 2.32. The molecule has 0 unspecified atom stereocenters. The molecule has 2 fully saturated rings. The summed E-state index contributed by atoms with van der Waals surface area (Å²) in [5, 5.41) is 16.4. The van der Waals surface area contributed by atoms with E-state index in [4.69, 9.17) is 4.74 Å². The number of aromatic nitrogens is 1. The van der Waals surface area contributed by atoms with Gasteiger partial charge in [0.2, 0.25) is 11.8 Å². The van der Waals surface area contributed by atoms with Gasteiger partial charge < -0.3 is 30.4 Å². The molecule has 3 heterocycles. The number of hydrogen-bond donors (Lipinski definition) is 4. The predicted molar refractivity (Wildman–Crippen MR) is 146 cm³/mol. The van der Waals surface area contributed by atoms with E-state index in [2.05, 4.69) is 22.2 Å². The van der Waals surface area contributed by atoms with Crippen LogP contribution in [-0.4, -0.2) is 71.6 Å². The van der Waals surface area contributed by atoms with Gasteiger partial charge in [0, 0.05) is 35.8 Å². The van der Waals surface area contributed by atoms with Gasteiger partial charge in [-0.3, -0.25) is 14.4 Å². The van der Waals surface area contributed by atoms with E-state index in [9.17, 15) is 19.5 Å². The van der Waals surface area contributed by atoms with Crippen molar-refractivity contribution in [3.05, 3.63) is 66.4 Å². The molecule has 9 heteroatoms. The molecule has 3 amide bonds. The average Bonchev–Trinajstić information content (AvgIpc) is 3.66. The first-order valence-corrected chi connectivity index (χ1v) is 13.0. The number of likely N-dealkylation sites (tertiary alicyclic amines) is 1. The minimum atomic E-state index is -0.751. The molecule has 1 aromatic carbocycles. The lowest BCUT2D eigenvalue weighted by Crippen LogP contribution is -2.50. The summed E-state index contributed by atoms with van der Waals surface area (Å²) in [6, 6.07) is 5.95. The summed E-state index contributed by atoms with van der Waals surface area (Å²) in [5.74, 6) is -0.420. The van der Waals surface area contributed by atoms with Crippen LogP contribution >= 0.6 is 0 Å². The lowest BCUT2D eigenvalue weighted by atomic mass is 9.96. The molecular formula is C29H36N4O5. The van der Waals surface area contributed by atoms with E-state index >= 15 is 0 Å². The van der Waals surface area contributed by atoms with Gasteiger partial charge >= 0.3 is 0 Å². The lowest BCUT2D eigenvalue weighted by Gasteiger charge is -2.26. The van der Waals surface area contributed by atoms with Crippen LogP contribution in [0, 0.1) is 11.8 Å². The van der Waals surface area contributed by atoms with E-state index in [1.54, 1.807) is 18.1 Å². The normalized spacial score (nSPS) is 22.3. The number of amides is 3. The Morgan fingerprint density at radius 3 is 2.84 bits per heavy atom. The van der Waals surface area contributed by atoms with E-state index in [1.807, 2.05) is 49.4 Å². The Bertz CT molecular complexity index is 1260. The molecule has 0 spiro atoms. The van der Waals surface area contributed by atoms with Crippen molar-refractivity contribution in [2.75, 3.05) is 26.8 Å². The molecule has 0 aliphatic carbocycles. The molecule has 2 aliphatic rings. The van der Waals surface area contributed by atoms with Crippen molar-refractivity contribution >= 4 is 28.6 Å². The van der Waals surface area contributed by atoms with Crippen LogP contribution in [-0.2, 0) is 9.59 Å². The van der Waals surface area contributed by atoms with Gasteiger partial charge in [0.25, 0.3) is 5.91 Å². The number of nitrogens with zero attached hydrogens (tertiary/aromatic N) is 1. The Balaban J connectivity index is 1.57. The van der Waals surface area contributed by atoms with Crippen LogP contribution < -0.4 is 15.4 Å². The van der Waals surface area contributed by atoms with E-state index in [-0.39, 0.29) is 36.2 Å². The van der Waals surface area contributed by atoms with Crippen LogP contribution in [0.25, 0.3) is 10.9 Å². The van der Waals surface area contributed by atoms with Gasteiger partial charge in [0.05, 0.1) is 19.8 Å². The molecule has 4 N–H and O–H groups in total. The minimum absolute atomic E-state index is 0.0612. The third-order valence-electron chi connectivity index (χ3n) is 7.38. The van der Waals surface area contributed by atoms with E-state index in [0.29, 0.717) is 43.8 Å². The number of benzene rings is 1. The summed E-state index contributed by atoms with van der Waals surface area (Å²) in [4.78, 5) is 44.0. The number of aromatic amines is 1. The van der Waals surface area contributed by atoms with Gasteiger partial charge in [-0.05, 0) is 44.4 Å². The van der Waals surface area contributed by atoms with Gasteiger partial charge in [0.1, 0.15) is 17.5 Å². The number of aliphatic hydroxyl groups excluding tert-OH is 1. The van der Waals surface area contributed by atoms with Crippen molar-refractivity contribution in [3.8, 4) is 5.75 Å². The van der Waals surface area contributed by atoms with Crippen molar-refractivity contribution in [2.24, 2.45) is 11.8 Å². The second-order valence-electron chi connectivity index (χ2n) is 9.87. The van der Waals surface area contributed by atoms with Crippen molar-refractivity contribution in [3.63, 3.8) is 0 Å². The second kappa shape index (κ2) is 12.1. The van der Waals surface area contributed by atoms with E-state index in [0.717, 1.165) is 16.5 Å². The maximum atomic E-state index is 13.7. The first-order valence-electron chi connectivity index (χ1n) is 13.0. The SMILES string of the molecule is C=C(/C=C\C=C/C)[C@@H]1C[C@@H](C(=O)N[C@H](CO)C[C@@H]2CCNC2=O)N(C(=O)c2cc3c(OC)cccc3[nH]2)C1. The van der Waals surface area contributed by atoms with Gasteiger partial charge in [-0.15, -0.1) is 0 Å². The number of allylic oxidation sites excluding steroid dienone is 4. The fourth-order valence-electron chi connectivity index (χ4n) is 5.27. The third-order valence-corrected chi connectivity index (χ3v) is 7.38. The van der Waals surface area contributed by atoms with Gasteiger partial charge in [0.15, 0.2) is 0 Å². The molecule has 2 saturated heterocycles. The molecule has 38 heavy (non-hydrogen) atoms. The summed E-state index contributed by atoms with van der Waals surface area (Å²) < 4.78 is 5.43. The summed E-state index contributed by atoms with van der Waals surface area (Å²) in [6.07, 6.45) is 9.02. The number of carbonyl (C=O) groups is 3. The van der Waals surface area contributed by atoms with Crippen LogP contribution in [0.4, 0.5) is 0 Å². The number of carbonyl (C=O) groups excluding carboxylic acids is 3. The third kappa shape index (κ3) is 5.83. The molecule has 9 nitrogen and oxygen atoms in total. The fourth-order valence-corrected chi connectivity index (χ4v) is 5.27. The highest BCUT2D eigenvalue weighted by Gasteiger charge is 2.41. The smallest absolute Gasteiger partial charge is 0.271 e. The lowest BCUT2D eigenvalue weighted by molar-refractivity contribution is -0.127. The Morgan fingerprint density at radius 1 is 1.34 bits per heavy atom. The summed E-state index contributed by atoms with van der Waals surface area (Å²) in [5.41, 5.74) is 1.95. The number of nitrogens with one attached hydrogen (secondary N) is 3. The molecule has 4 atom stereocenters. The highest BCUT2D eigenvalue weighted by atomic mass is 16.5. The Hall–Kier alpha value is -3.85. The predicted octanol–water partition coefficient (Wildman–Crippen LogP) is 2.70. The molecule has 2 aliphatic heterocycles. The largest absolute Gasteiger partial charge is 0.496 e. The second-order valence-corrected chi connectivity index (χ2v) is 9.87. The van der Waals surface area contributed by atoms with E-state index in [1.165, 1.54) is 0 Å². The molecule has 202 valence electrons. The van der Waals surface area contributed by atoms with Crippen LogP contribution in [0.1, 0.15) is 36.7 Å². The Kier molecular flexibility index (Phi) is 8.68. The number of H-pyrrole nitrogens is 1. The summed E-state index contributed by atoms with van der Waals surface area (Å²) >= 11 is 0.